The maximum absolute atomic E-state index is 4.61. The molecule has 0 bridgehead atoms. The molecule has 0 amide bonds. The first-order valence-electron chi connectivity index (χ1n) is 6.34. The standard InChI is InChI=1S/C17H12N2/c1-2-6-14-11-16(10-9-13(14)5-1)19-12-15-7-3-4-8-17(15)18-19/h1-12H. The average molecular weight is 244 g/mol. The third kappa shape index (κ3) is 1.69. The van der Waals surface area contributed by atoms with Crippen LogP contribution in [0, 0.1) is 0 Å². The quantitative estimate of drug-likeness (QED) is 0.491. The minimum Gasteiger partial charge on any atom is -0.240 e. The van der Waals surface area contributed by atoms with E-state index in [1.807, 2.05) is 22.9 Å². The molecular weight excluding hydrogens is 232 g/mol. The third-order valence-electron chi connectivity index (χ3n) is 3.41. The lowest BCUT2D eigenvalue weighted by Gasteiger charge is -2.03. The molecule has 1 heterocycles. The third-order valence-corrected chi connectivity index (χ3v) is 3.41. The van der Waals surface area contributed by atoms with Crippen LogP contribution in [0.3, 0.4) is 0 Å². The van der Waals surface area contributed by atoms with E-state index in [1.54, 1.807) is 0 Å². The fraction of sp³-hybridized carbons (Fsp3) is 0. The molecule has 2 nitrogen and oxygen atoms in total. The second-order valence-electron chi connectivity index (χ2n) is 4.66. The van der Waals surface area contributed by atoms with E-state index in [-0.39, 0.29) is 0 Å². The van der Waals surface area contributed by atoms with E-state index < -0.39 is 0 Å². The zero-order valence-electron chi connectivity index (χ0n) is 10.3. The van der Waals surface area contributed by atoms with E-state index in [0.717, 1.165) is 16.6 Å². The molecule has 0 unspecified atom stereocenters. The van der Waals surface area contributed by atoms with E-state index in [0.29, 0.717) is 0 Å². The van der Waals surface area contributed by atoms with Crippen molar-refractivity contribution in [2.24, 2.45) is 0 Å². The summed E-state index contributed by atoms with van der Waals surface area (Å²) in [5.41, 5.74) is 2.12. The topological polar surface area (TPSA) is 17.8 Å². The minimum atomic E-state index is 1.02. The summed E-state index contributed by atoms with van der Waals surface area (Å²) in [6.07, 6.45) is 2.07. The molecule has 1 aromatic heterocycles. The largest absolute Gasteiger partial charge is 0.240 e. The normalized spacial score (nSPS) is 11.2. The summed E-state index contributed by atoms with van der Waals surface area (Å²) in [5.74, 6) is 0. The van der Waals surface area contributed by atoms with Crippen LogP contribution in [0.2, 0.25) is 0 Å². The Morgan fingerprint density at radius 1 is 0.684 bits per heavy atom. The van der Waals surface area contributed by atoms with Crippen molar-refractivity contribution in [3.8, 4) is 5.69 Å². The second kappa shape index (κ2) is 3.95. The van der Waals surface area contributed by atoms with E-state index in [1.165, 1.54) is 10.8 Å². The molecule has 0 saturated carbocycles. The van der Waals surface area contributed by atoms with Gasteiger partial charge in [-0.1, -0.05) is 48.5 Å². The van der Waals surface area contributed by atoms with Crippen LogP contribution >= 0.6 is 0 Å². The van der Waals surface area contributed by atoms with Gasteiger partial charge in [0.05, 0.1) is 11.2 Å². The van der Waals surface area contributed by atoms with Gasteiger partial charge >= 0.3 is 0 Å². The highest BCUT2D eigenvalue weighted by Crippen LogP contribution is 2.20. The number of benzene rings is 3. The van der Waals surface area contributed by atoms with Crippen molar-refractivity contribution in [2.75, 3.05) is 0 Å². The monoisotopic (exact) mass is 244 g/mol. The van der Waals surface area contributed by atoms with Crippen molar-refractivity contribution >= 4 is 21.7 Å². The van der Waals surface area contributed by atoms with Crippen LogP contribution in [0.15, 0.2) is 72.9 Å². The predicted molar refractivity (Wildman–Crippen MR) is 78.6 cm³/mol. The van der Waals surface area contributed by atoms with Crippen LogP contribution in [0.4, 0.5) is 0 Å². The minimum absolute atomic E-state index is 1.02. The predicted octanol–water partition coefficient (Wildman–Crippen LogP) is 4.18. The van der Waals surface area contributed by atoms with Gasteiger partial charge < -0.3 is 0 Å². The molecule has 0 atom stereocenters. The molecule has 4 aromatic rings. The molecule has 0 spiro atoms. The van der Waals surface area contributed by atoms with Gasteiger partial charge in [0.15, 0.2) is 0 Å². The molecule has 0 aliphatic heterocycles. The summed E-state index contributed by atoms with van der Waals surface area (Å²) in [7, 11) is 0. The smallest absolute Gasteiger partial charge is 0.0927 e. The maximum atomic E-state index is 4.61. The first kappa shape index (κ1) is 10.3. The molecule has 3 aromatic carbocycles. The highest BCUT2D eigenvalue weighted by Gasteiger charge is 2.02. The van der Waals surface area contributed by atoms with Crippen molar-refractivity contribution in [1.29, 1.82) is 0 Å². The van der Waals surface area contributed by atoms with Gasteiger partial charge in [0.25, 0.3) is 0 Å². The Morgan fingerprint density at radius 3 is 2.26 bits per heavy atom. The van der Waals surface area contributed by atoms with Gasteiger partial charge in [-0.15, -0.1) is 0 Å². The summed E-state index contributed by atoms with van der Waals surface area (Å²) in [4.78, 5) is 0. The van der Waals surface area contributed by atoms with Gasteiger partial charge in [-0.3, -0.25) is 0 Å². The first-order chi connectivity index (χ1) is 9.40. The molecule has 2 heteroatoms. The Morgan fingerprint density at radius 2 is 1.42 bits per heavy atom. The summed E-state index contributed by atoms with van der Waals surface area (Å²) in [6, 6.07) is 22.9. The highest BCUT2D eigenvalue weighted by atomic mass is 15.3. The van der Waals surface area contributed by atoms with E-state index in [4.69, 9.17) is 0 Å². The summed E-state index contributed by atoms with van der Waals surface area (Å²) in [5, 5.41) is 8.26. The second-order valence-corrected chi connectivity index (χ2v) is 4.66. The SMILES string of the molecule is c1ccc2cc(-n3cc4ccccc4n3)ccc2c1. The van der Waals surface area contributed by atoms with Gasteiger partial charge in [0, 0.05) is 11.6 Å². The number of fused-ring (bicyclic) bond motifs is 2. The number of rotatable bonds is 1. The van der Waals surface area contributed by atoms with Crippen LogP contribution < -0.4 is 0 Å². The zero-order chi connectivity index (χ0) is 12.7. The van der Waals surface area contributed by atoms with Gasteiger partial charge in [-0.05, 0) is 29.0 Å². The average Bonchev–Trinajstić information content (AvgIpc) is 2.90. The lowest BCUT2D eigenvalue weighted by Crippen LogP contribution is -1.93. The summed E-state index contributed by atoms with van der Waals surface area (Å²) >= 11 is 0. The van der Waals surface area contributed by atoms with Gasteiger partial charge in [0.1, 0.15) is 0 Å². The Bertz CT molecular complexity index is 841. The van der Waals surface area contributed by atoms with Crippen molar-refractivity contribution in [3.63, 3.8) is 0 Å². The van der Waals surface area contributed by atoms with Gasteiger partial charge in [-0.2, -0.15) is 5.10 Å². The number of aromatic nitrogens is 2. The molecule has 0 N–H and O–H groups in total. The van der Waals surface area contributed by atoms with Gasteiger partial charge in [0.2, 0.25) is 0 Å². The molecule has 0 radical (unpaired) electrons. The van der Waals surface area contributed by atoms with Crippen molar-refractivity contribution in [1.82, 2.24) is 9.78 Å². The molecule has 0 fully saturated rings. The summed E-state index contributed by atoms with van der Waals surface area (Å²) in [6.45, 7) is 0. The summed E-state index contributed by atoms with van der Waals surface area (Å²) < 4.78 is 1.94. The van der Waals surface area contributed by atoms with Crippen molar-refractivity contribution < 1.29 is 0 Å². The Kier molecular flexibility index (Phi) is 2.15. The fourth-order valence-corrected chi connectivity index (χ4v) is 2.42. The molecule has 4 rings (SSSR count). The molecule has 19 heavy (non-hydrogen) atoms. The highest BCUT2D eigenvalue weighted by molar-refractivity contribution is 5.85. The van der Waals surface area contributed by atoms with Crippen LogP contribution in [0.5, 0.6) is 0 Å². The number of hydrogen-bond donors (Lipinski definition) is 0. The van der Waals surface area contributed by atoms with Crippen molar-refractivity contribution in [2.45, 2.75) is 0 Å². The van der Waals surface area contributed by atoms with Crippen LogP contribution in [-0.2, 0) is 0 Å². The molecule has 90 valence electrons. The lowest BCUT2D eigenvalue weighted by molar-refractivity contribution is 0.898. The molecule has 0 aliphatic rings. The van der Waals surface area contributed by atoms with E-state index >= 15 is 0 Å². The van der Waals surface area contributed by atoms with Crippen LogP contribution in [-0.4, -0.2) is 9.78 Å². The molecular formula is C17H12N2. The van der Waals surface area contributed by atoms with E-state index in [2.05, 4.69) is 59.8 Å². The molecule has 0 aliphatic carbocycles. The maximum Gasteiger partial charge on any atom is 0.0927 e. The van der Waals surface area contributed by atoms with Crippen molar-refractivity contribution in [3.05, 3.63) is 72.9 Å². The van der Waals surface area contributed by atoms with Crippen LogP contribution in [0.1, 0.15) is 0 Å². The Labute approximate surface area is 110 Å². The number of hydrogen-bond acceptors (Lipinski definition) is 1. The molecule has 0 saturated heterocycles. The van der Waals surface area contributed by atoms with E-state index in [9.17, 15) is 0 Å². The number of nitrogens with zero attached hydrogens (tertiary/aromatic N) is 2. The lowest BCUT2D eigenvalue weighted by atomic mass is 10.1. The Hall–Kier alpha value is -2.61. The fourth-order valence-electron chi connectivity index (χ4n) is 2.42. The van der Waals surface area contributed by atoms with Gasteiger partial charge in [-0.25, -0.2) is 4.68 Å². The Balaban J connectivity index is 1.93. The first-order valence-corrected chi connectivity index (χ1v) is 6.34. The zero-order valence-corrected chi connectivity index (χ0v) is 10.3. The van der Waals surface area contributed by atoms with Crippen LogP contribution in [0.25, 0.3) is 27.4 Å².